The highest BCUT2D eigenvalue weighted by Crippen LogP contribution is 2.32. The van der Waals surface area contributed by atoms with Crippen molar-refractivity contribution in [1.29, 1.82) is 0 Å². The molecule has 0 bridgehead atoms. The maximum atomic E-state index is 12.9. The van der Waals surface area contributed by atoms with Crippen LogP contribution in [0, 0.1) is 0 Å². The molecule has 3 aromatic carbocycles. The highest BCUT2D eigenvalue weighted by atomic mass is 19.4. The summed E-state index contributed by atoms with van der Waals surface area (Å²) in [7, 11) is 0. The first kappa shape index (κ1) is 24.3. The number of hydrogen-bond donors (Lipinski definition) is 3. The number of alkyl halides is 3. The van der Waals surface area contributed by atoms with Gasteiger partial charge in [0.05, 0.1) is 16.8 Å². The fraction of sp³-hybridized carbons (Fsp3) is 0.125. The van der Waals surface area contributed by atoms with E-state index in [9.17, 15) is 27.6 Å². The third-order valence-electron chi connectivity index (χ3n) is 4.50. The molecule has 34 heavy (non-hydrogen) atoms. The average Bonchev–Trinajstić information content (AvgIpc) is 2.82. The van der Waals surface area contributed by atoms with Crippen molar-refractivity contribution < 1.29 is 32.3 Å². The van der Waals surface area contributed by atoms with Gasteiger partial charge in [-0.05, 0) is 35.9 Å². The minimum Gasteiger partial charge on any atom is -0.452 e. The lowest BCUT2D eigenvalue weighted by Crippen LogP contribution is -2.41. The highest BCUT2D eigenvalue weighted by Gasteiger charge is 2.30. The fourth-order valence-corrected chi connectivity index (χ4v) is 2.89. The molecule has 0 saturated carbocycles. The molecule has 0 spiro atoms. The number of carbonyl (C=O) groups excluding carboxylic acids is 3. The van der Waals surface area contributed by atoms with Gasteiger partial charge in [-0.25, -0.2) is 9.59 Å². The third kappa shape index (κ3) is 7.09. The summed E-state index contributed by atoms with van der Waals surface area (Å²) in [6.07, 6.45) is -4.52. The van der Waals surface area contributed by atoms with E-state index in [4.69, 9.17) is 4.74 Å². The maximum Gasteiger partial charge on any atom is 0.416 e. The molecule has 0 aromatic heterocycles. The smallest absolute Gasteiger partial charge is 0.416 e. The zero-order valence-corrected chi connectivity index (χ0v) is 17.7. The van der Waals surface area contributed by atoms with Crippen molar-refractivity contribution in [3.8, 4) is 0 Å². The molecule has 0 aliphatic rings. The van der Waals surface area contributed by atoms with Crippen molar-refractivity contribution in [3.63, 3.8) is 0 Å². The second-order valence-electron chi connectivity index (χ2n) is 7.04. The maximum absolute atomic E-state index is 12.9. The first-order valence-corrected chi connectivity index (χ1v) is 10.0. The number of anilines is 2. The largest absolute Gasteiger partial charge is 0.452 e. The zero-order valence-electron chi connectivity index (χ0n) is 17.7. The SMILES string of the molecule is O=C(COC(=O)c1ccccc1Nc1cccc(C(F)(F)F)c1)NC(=O)NCc1ccccc1. The fourth-order valence-electron chi connectivity index (χ4n) is 2.89. The number of carbonyl (C=O) groups is 3. The van der Waals surface area contributed by atoms with Crippen molar-refractivity contribution >= 4 is 29.3 Å². The number of imide groups is 1. The van der Waals surface area contributed by atoms with Crippen LogP contribution in [-0.4, -0.2) is 24.5 Å². The van der Waals surface area contributed by atoms with E-state index in [1.165, 1.54) is 30.3 Å². The molecule has 0 heterocycles. The van der Waals surface area contributed by atoms with Gasteiger partial charge in [-0.3, -0.25) is 10.1 Å². The molecule has 10 heteroatoms. The summed E-state index contributed by atoms with van der Waals surface area (Å²) in [5.74, 6) is -1.74. The van der Waals surface area contributed by atoms with E-state index >= 15 is 0 Å². The van der Waals surface area contributed by atoms with Crippen LogP contribution in [0.1, 0.15) is 21.5 Å². The lowest BCUT2D eigenvalue weighted by molar-refractivity contribution is -0.137. The third-order valence-corrected chi connectivity index (χ3v) is 4.50. The summed E-state index contributed by atoms with van der Waals surface area (Å²) in [6, 6.07) is 18.8. The molecule has 3 aromatic rings. The second-order valence-corrected chi connectivity index (χ2v) is 7.04. The van der Waals surface area contributed by atoms with Crippen LogP contribution in [0.15, 0.2) is 78.9 Å². The van der Waals surface area contributed by atoms with E-state index in [1.54, 1.807) is 30.3 Å². The summed E-state index contributed by atoms with van der Waals surface area (Å²) in [5.41, 5.74) is 0.290. The number of nitrogens with one attached hydrogen (secondary N) is 3. The van der Waals surface area contributed by atoms with E-state index in [0.717, 1.165) is 17.7 Å². The number of rotatable bonds is 7. The van der Waals surface area contributed by atoms with Crippen LogP contribution in [0.5, 0.6) is 0 Å². The van der Waals surface area contributed by atoms with E-state index in [-0.39, 0.29) is 23.5 Å². The number of ether oxygens (including phenoxy) is 1. The topological polar surface area (TPSA) is 96.5 Å². The Labute approximate surface area is 192 Å². The van der Waals surface area contributed by atoms with Gasteiger partial charge in [0, 0.05) is 12.2 Å². The van der Waals surface area contributed by atoms with Crippen molar-refractivity contribution in [3.05, 3.63) is 95.6 Å². The van der Waals surface area contributed by atoms with E-state index in [0.29, 0.717) is 0 Å². The lowest BCUT2D eigenvalue weighted by atomic mass is 10.1. The van der Waals surface area contributed by atoms with Crippen LogP contribution >= 0.6 is 0 Å². The van der Waals surface area contributed by atoms with Crippen LogP contribution in [-0.2, 0) is 22.3 Å². The van der Waals surface area contributed by atoms with Gasteiger partial charge in [-0.2, -0.15) is 13.2 Å². The zero-order chi connectivity index (χ0) is 24.6. The number of benzene rings is 3. The van der Waals surface area contributed by atoms with Crippen molar-refractivity contribution in [2.75, 3.05) is 11.9 Å². The summed E-state index contributed by atoms with van der Waals surface area (Å²) in [5, 5.41) is 7.30. The molecule has 7 nitrogen and oxygen atoms in total. The molecule has 0 fully saturated rings. The average molecular weight is 471 g/mol. The number of para-hydroxylation sites is 1. The molecule has 3 amide bonds. The molecule has 0 aliphatic carbocycles. The summed E-state index contributed by atoms with van der Waals surface area (Å²) in [6.45, 7) is -0.524. The van der Waals surface area contributed by atoms with Gasteiger partial charge in [0.2, 0.25) is 0 Å². The molecule has 0 saturated heterocycles. The van der Waals surface area contributed by atoms with Gasteiger partial charge in [-0.15, -0.1) is 0 Å². The standard InChI is InChI=1S/C24H20F3N3O4/c25-24(26,27)17-9-6-10-18(13-17)29-20-12-5-4-11-19(20)22(32)34-15-21(31)30-23(33)28-14-16-7-2-1-3-8-16/h1-13,29H,14-15H2,(H2,28,30,31,33). The van der Waals surface area contributed by atoms with Gasteiger partial charge in [0.15, 0.2) is 6.61 Å². The second kappa shape index (κ2) is 11.0. The molecule has 176 valence electrons. The summed E-state index contributed by atoms with van der Waals surface area (Å²) in [4.78, 5) is 36.2. The molecule has 0 aliphatic heterocycles. The van der Waals surface area contributed by atoms with Crippen molar-refractivity contribution in [2.24, 2.45) is 0 Å². The Morgan fingerprint density at radius 3 is 2.29 bits per heavy atom. The quantitative estimate of drug-likeness (QED) is 0.437. The predicted molar refractivity (Wildman–Crippen MR) is 118 cm³/mol. The van der Waals surface area contributed by atoms with Gasteiger partial charge in [-0.1, -0.05) is 48.5 Å². The molecule has 0 atom stereocenters. The van der Waals surface area contributed by atoms with Gasteiger partial charge in [0.1, 0.15) is 0 Å². The number of urea groups is 1. The Morgan fingerprint density at radius 1 is 0.853 bits per heavy atom. The van der Waals surface area contributed by atoms with Gasteiger partial charge >= 0.3 is 18.2 Å². The van der Waals surface area contributed by atoms with Crippen LogP contribution in [0.4, 0.5) is 29.3 Å². The molecule has 3 N–H and O–H groups in total. The summed E-state index contributed by atoms with van der Waals surface area (Å²) >= 11 is 0. The first-order valence-electron chi connectivity index (χ1n) is 10.0. The Bertz CT molecular complexity index is 1170. The highest BCUT2D eigenvalue weighted by molar-refractivity contribution is 5.99. The minimum atomic E-state index is -4.52. The van der Waals surface area contributed by atoms with Crippen LogP contribution in [0.3, 0.4) is 0 Å². The molecular weight excluding hydrogens is 451 g/mol. The Morgan fingerprint density at radius 2 is 1.56 bits per heavy atom. The minimum absolute atomic E-state index is 0.00115. The number of hydrogen-bond acceptors (Lipinski definition) is 5. The van der Waals surface area contributed by atoms with E-state index < -0.39 is 36.3 Å². The lowest BCUT2D eigenvalue weighted by Gasteiger charge is -2.13. The van der Waals surface area contributed by atoms with Crippen LogP contribution in [0.25, 0.3) is 0 Å². The van der Waals surface area contributed by atoms with Crippen molar-refractivity contribution in [1.82, 2.24) is 10.6 Å². The van der Waals surface area contributed by atoms with E-state index in [2.05, 4.69) is 10.6 Å². The first-order chi connectivity index (χ1) is 16.2. The molecule has 3 rings (SSSR count). The molecular formula is C24H20F3N3O4. The number of amides is 3. The van der Waals surface area contributed by atoms with Crippen LogP contribution < -0.4 is 16.0 Å². The van der Waals surface area contributed by atoms with Gasteiger partial charge in [0.25, 0.3) is 5.91 Å². The predicted octanol–water partition coefficient (Wildman–Crippen LogP) is 4.63. The number of esters is 1. The molecule has 0 radical (unpaired) electrons. The van der Waals surface area contributed by atoms with Crippen LogP contribution in [0.2, 0.25) is 0 Å². The Balaban J connectivity index is 1.55. The monoisotopic (exact) mass is 471 g/mol. The van der Waals surface area contributed by atoms with Gasteiger partial charge < -0.3 is 15.4 Å². The Kier molecular flexibility index (Phi) is 7.86. The van der Waals surface area contributed by atoms with E-state index in [1.807, 2.05) is 11.4 Å². The number of halogens is 3. The van der Waals surface area contributed by atoms with Crippen molar-refractivity contribution in [2.45, 2.75) is 12.7 Å². The normalized spacial score (nSPS) is 10.8. The summed E-state index contributed by atoms with van der Waals surface area (Å²) < 4.78 is 43.8. The Hall–Kier alpha value is -4.34. The molecule has 0 unspecified atom stereocenters.